The number of nitrogens with zero attached hydrogens (tertiary/aromatic N) is 1. The average Bonchev–Trinajstić information content (AvgIpc) is 3.06. The van der Waals surface area contributed by atoms with Crippen LogP contribution in [-0.4, -0.2) is 57.0 Å². The molecule has 3 amide bonds. The first kappa shape index (κ1) is 28.0. The Bertz CT molecular complexity index is 1190. The molecule has 10 nitrogen and oxygen atoms in total. The summed E-state index contributed by atoms with van der Waals surface area (Å²) in [6.45, 7) is 4.38. The molecule has 1 aliphatic rings. The highest BCUT2D eigenvalue weighted by Gasteiger charge is 2.52. The van der Waals surface area contributed by atoms with Gasteiger partial charge in [-0.05, 0) is 56.2 Å². The Morgan fingerprint density at radius 2 is 1.62 bits per heavy atom. The molecule has 198 valence electrons. The topological polar surface area (TPSA) is 159 Å². The summed E-state index contributed by atoms with van der Waals surface area (Å²) in [6, 6.07) is 11.5. The zero-order valence-electron chi connectivity index (χ0n) is 21.0. The fraction of sp³-hybridized carbons (Fsp3) is 0.370. The van der Waals surface area contributed by atoms with Crippen molar-refractivity contribution >= 4 is 34.8 Å². The quantitative estimate of drug-likeness (QED) is 0.265. The molecule has 3 rings (SSSR count). The van der Waals surface area contributed by atoms with Gasteiger partial charge >= 0.3 is 0 Å². The smallest absolute Gasteiger partial charge is 0.264 e. The molecule has 0 aromatic heterocycles. The molecular weight excluding hydrogens is 478 g/mol. The first-order chi connectivity index (χ1) is 17.5. The van der Waals surface area contributed by atoms with Crippen LogP contribution in [0.15, 0.2) is 54.6 Å². The normalized spacial score (nSPS) is 19.4. The largest absolute Gasteiger partial charge is 0.396 e. The summed E-state index contributed by atoms with van der Waals surface area (Å²) < 4.78 is 0. The number of fused-ring (bicyclic) bond motifs is 1. The average molecular weight is 512 g/mol. The molecule has 0 bridgehead atoms. The molecule has 2 aromatic rings. The van der Waals surface area contributed by atoms with Crippen LogP contribution in [-0.2, 0) is 26.5 Å². The molecule has 2 aromatic carbocycles. The van der Waals surface area contributed by atoms with Crippen molar-refractivity contribution in [2.45, 2.75) is 51.5 Å². The number of carbonyl (C=O) groups excluding carboxylic acids is 3. The van der Waals surface area contributed by atoms with Crippen molar-refractivity contribution < 1.29 is 34.8 Å². The molecule has 4 atom stereocenters. The zero-order valence-corrected chi connectivity index (χ0v) is 21.0. The molecule has 0 fully saturated rings. The SMILES string of the molecule is C[C@H](O)C(=O)Nc1cccc(CN2C(=O)[C@@](O)([C@@H](C)/C=C/CCO)c3cc(NC(=O)[C@H](C)O)ccc32)c1. The molecule has 37 heavy (non-hydrogen) atoms. The molecule has 6 N–H and O–H groups in total. The number of hydrogen-bond donors (Lipinski definition) is 6. The Balaban J connectivity index is 2.00. The van der Waals surface area contributed by atoms with Gasteiger partial charge in [-0.1, -0.05) is 31.2 Å². The minimum atomic E-state index is -1.95. The van der Waals surface area contributed by atoms with Gasteiger partial charge in [-0.15, -0.1) is 0 Å². The highest BCUT2D eigenvalue weighted by molar-refractivity contribution is 6.08. The minimum Gasteiger partial charge on any atom is -0.396 e. The van der Waals surface area contributed by atoms with Gasteiger partial charge in [-0.3, -0.25) is 14.4 Å². The summed E-state index contributed by atoms with van der Waals surface area (Å²) in [5.41, 5.74) is 0.213. The van der Waals surface area contributed by atoms with E-state index in [9.17, 15) is 29.7 Å². The number of amides is 3. The van der Waals surface area contributed by atoms with Crippen molar-refractivity contribution in [3.63, 3.8) is 0 Å². The second kappa shape index (κ2) is 11.7. The number of aliphatic hydroxyl groups is 4. The van der Waals surface area contributed by atoms with Crippen LogP contribution in [0.4, 0.5) is 17.1 Å². The van der Waals surface area contributed by atoms with Gasteiger partial charge in [-0.25, -0.2) is 0 Å². The van der Waals surface area contributed by atoms with E-state index >= 15 is 0 Å². The van der Waals surface area contributed by atoms with Crippen LogP contribution in [0.5, 0.6) is 0 Å². The molecule has 0 unspecified atom stereocenters. The highest BCUT2D eigenvalue weighted by atomic mass is 16.3. The third kappa shape index (κ3) is 6.05. The van der Waals surface area contributed by atoms with Crippen LogP contribution < -0.4 is 15.5 Å². The van der Waals surface area contributed by atoms with Gasteiger partial charge in [0.25, 0.3) is 17.7 Å². The Morgan fingerprint density at radius 3 is 2.22 bits per heavy atom. The first-order valence-corrected chi connectivity index (χ1v) is 12.0. The van der Waals surface area contributed by atoms with E-state index in [1.807, 2.05) is 0 Å². The second-order valence-electron chi connectivity index (χ2n) is 9.15. The summed E-state index contributed by atoms with van der Waals surface area (Å²) in [5, 5.41) is 45.1. The second-order valence-corrected chi connectivity index (χ2v) is 9.15. The molecule has 0 saturated carbocycles. The van der Waals surface area contributed by atoms with Crippen LogP contribution in [0.25, 0.3) is 0 Å². The lowest BCUT2D eigenvalue weighted by Crippen LogP contribution is -2.44. The first-order valence-electron chi connectivity index (χ1n) is 12.0. The van der Waals surface area contributed by atoms with E-state index in [0.717, 1.165) is 0 Å². The van der Waals surface area contributed by atoms with Crippen molar-refractivity contribution in [1.29, 1.82) is 0 Å². The van der Waals surface area contributed by atoms with Gasteiger partial charge in [0, 0.05) is 29.5 Å². The highest BCUT2D eigenvalue weighted by Crippen LogP contribution is 2.47. The Kier molecular flexibility index (Phi) is 8.82. The van der Waals surface area contributed by atoms with E-state index in [1.54, 1.807) is 55.5 Å². The van der Waals surface area contributed by atoms with E-state index in [0.29, 0.717) is 34.6 Å². The van der Waals surface area contributed by atoms with E-state index in [4.69, 9.17) is 5.11 Å². The lowest BCUT2D eigenvalue weighted by Gasteiger charge is -2.28. The molecule has 0 spiro atoms. The van der Waals surface area contributed by atoms with Gasteiger partial charge in [-0.2, -0.15) is 0 Å². The predicted molar refractivity (Wildman–Crippen MR) is 139 cm³/mol. The standard InChI is InChI=1S/C27H33N3O7/c1-16(7-4-5-12-31)27(37)22-14-21(29-25(35)18(3)33)10-11-23(22)30(26(27)36)15-19-8-6-9-20(13-19)28-24(34)17(2)32/h4,6-11,13-14,16-18,31-33,37H,5,12,15H2,1-3H3,(H,28,34)(H,29,35)/b7-4+/t16-,17-,18-,27+/m0/s1. The summed E-state index contributed by atoms with van der Waals surface area (Å²) >= 11 is 0. The van der Waals surface area contributed by atoms with E-state index in [-0.39, 0.29) is 13.2 Å². The fourth-order valence-electron chi connectivity index (χ4n) is 4.12. The van der Waals surface area contributed by atoms with Gasteiger partial charge in [0.05, 0.1) is 12.2 Å². The summed E-state index contributed by atoms with van der Waals surface area (Å²) in [4.78, 5) is 39.0. The van der Waals surface area contributed by atoms with Gasteiger partial charge in [0.2, 0.25) is 0 Å². The van der Waals surface area contributed by atoms with Crippen LogP contribution in [0.1, 0.15) is 38.3 Å². The number of carbonyl (C=O) groups is 3. The maximum absolute atomic E-state index is 13.7. The number of rotatable bonds is 10. The van der Waals surface area contributed by atoms with Crippen molar-refractivity contribution in [2.75, 3.05) is 22.1 Å². The van der Waals surface area contributed by atoms with Crippen molar-refractivity contribution in [2.24, 2.45) is 5.92 Å². The van der Waals surface area contributed by atoms with Crippen molar-refractivity contribution in [1.82, 2.24) is 0 Å². The fourth-order valence-corrected chi connectivity index (χ4v) is 4.12. The molecule has 0 radical (unpaired) electrons. The van der Waals surface area contributed by atoms with E-state index in [2.05, 4.69) is 10.6 Å². The minimum absolute atomic E-state index is 0.0736. The third-order valence-corrected chi connectivity index (χ3v) is 6.21. The Labute approximate surface area is 215 Å². The van der Waals surface area contributed by atoms with Gasteiger partial charge < -0.3 is 36.0 Å². The predicted octanol–water partition coefficient (Wildman–Crippen LogP) is 1.63. The maximum atomic E-state index is 13.7. The number of nitrogens with one attached hydrogen (secondary N) is 2. The van der Waals surface area contributed by atoms with Gasteiger partial charge in [0.15, 0.2) is 5.60 Å². The Morgan fingerprint density at radius 1 is 1.00 bits per heavy atom. The maximum Gasteiger partial charge on any atom is 0.264 e. The lowest BCUT2D eigenvalue weighted by molar-refractivity contribution is -0.139. The van der Waals surface area contributed by atoms with E-state index in [1.165, 1.54) is 24.8 Å². The number of benzene rings is 2. The van der Waals surface area contributed by atoms with Crippen LogP contribution in [0.3, 0.4) is 0 Å². The molecule has 10 heteroatoms. The lowest BCUT2D eigenvalue weighted by atomic mass is 9.82. The Hall–Kier alpha value is -3.57. The van der Waals surface area contributed by atoms with Crippen LogP contribution in [0, 0.1) is 5.92 Å². The number of hydrogen-bond acceptors (Lipinski definition) is 7. The summed E-state index contributed by atoms with van der Waals surface area (Å²) in [7, 11) is 0. The third-order valence-electron chi connectivity index (χ3n) is 6.21. The molecular formula is C27H33N3O7. The van der Waals surface area contributed by atoms with Crippen molar-refractivity contribution in [3.05, 3.63) is 65.7 Å². The molecule has 0 saturated heterocycles. The van der Waals surface area contributed by atoms with Crippen molar-refractivity contribution in [3.8, 4) is 0 Å². The monoisotopic (exact) mass is 511 g/mol. The molecule has 0 aliphatic carbocycles. The molecule has 1 heterocycles. The zero-order chi connectivity index (χ0) is 27.3. The summed E-state index contributed by atoms with van der Waals surface area (Å²) in [6.07, 6.45) is 1.28. The molecule has 1 aliphatic heterocycles. The van der Waals surface area contributed by atoms with E-state index < -0.39 is 41.4 Å². The van der Waals surface area contributed by atoms with Crippen LogP contribution in [0.2, 0.25) is 0 Å². The summed E-state index contributed by atoms with van der Waals surface area (Å²) in [5.74, 6) is -2.43. The number of anilines is 3. The van der Waals surface area contributed by atoms with Crippen LogP contribution >= 0.6 is 0 Å². The van der Waals surface area contributed by atoms with Gasteiger partial charge in [0.1, 0.15) is 12.2 Å². The number of aliphatic hydroxyl groups excluding tert-OH is 3.